The van der Waals surface area contributed by atoms with Gasteiger partial charge in [-0.3, -0.25) is 19.4 Å². The average molecular weight is 773 g/mol. The number of nitrogens with one attached hydrogen (secondary N) is 2. The van der Waals surface area contributed by atoms with Gasteiger partial charge in [0.05, 0.1) is 35.9 Å². The SMILES string of the molecule is CCN(CC)[C@@H](C(=O)N1CCC[C@H]1c1ncc(-c2ccc(-c3ncc(-c4cnc([C@@H]5CCCN5C(=O)[C@H](C(C)C)N(C)C(=O)O)[nH]4)cn3)cc2)[nH]1)c1ccccc1. The van der Waals surface area contributed by atoms with Gasteiger partial charge in [0.2, 0.25) is 11.8 Å². The third-order valence-corrected chi connectivity index (χ3v) is 11.4. The Hall–Kier alpha value is -5.89. The molecule has 5 heterocycles. The van der Waals surface area contributed by atoms with Crippen molar-refractivity contribution in [2.45, 2.75) is 77.5 Å². The lowest BCUT2D eigenvalue weighted by atomic mass is 10.0. The van der Waals surface area contributed by atoms with Crippen LogP contribution < -0.4 is 0 Å². The fourth-order valence-electron chi connectivity index (χ4n) is 8.43. The van der Waals surface area contributed by atoms with Crippen LogP contribution in [0.25, 0.3) is 33.9 Å². The van der Waals surface area contributed by atoms with Gasteiger partial charge < -0.3 is 24.9 Å². The monoisotopic (exact) mass is 772 g/mol. The topological polar surface area (TPSA) is 168 Å². The number of carboxylic acid groups (broad SMARTS) is 1. The van der Waals surface area contributed by atoms with Crippen LogP contribution in [0.4, 0.5) is 4.79 Å². The molecular weight excluding hydrogens is 721 g/mol. The standard InChI is InChI=1S/C43H52N10O4/c1-6-51(7-2)37(29-13-9-8-10-14-29)42(55)53-22-12-16-35(53)39-46-25-32(48-39)28-17-19-30(20-18-28)38-44-23-31(24-45-38)33-26-47-40(49-33)34-15-11-21-52(34)41(54)36(27(3)4)50(5)43(56)57/h8-10,13-14,17-20,23-27,34-37H,6-7,11-12,15-16,21-22H2,1-5H3,(H,46,48)(H,47,49)(H,56,57)/t34-,35-,36-,37+/m0/s1. The molecule has 2 saturated heterocycles. The van der Waals surface area contributed by atoms with E-state index in [2.05, 4.69) is 43.7 Å². The van der Waals surface area contributed by atoms with E-state index >= 15 is 0 Å². The van der Waals surface area contributed by atoms with Crippen LogP contribution in [0.3, 0.4) is 0 Å². The van der Waals surface area contributed by atoms with Crippen molar-refractivity contribution in [2.24, 2.45) is 5.92 Å². The lowest BCUT2D eigenvalue weighted by molar-refractivity contribution is -0.139. The molecule has 2 aliphatic heterocycles. The van der Waals surface area contributed by atoms with E-state index < -0.39 is 12.1 Å². The van der Waals surface area contributed by atoms with Crippen LogP contribution in [-0.2, 0) is 9.59 Å². The van der Waals surface area contributed by atoms with Crippen molar-refractivity contribution in [1.82, 2.24) is 49.5 Å². The highest BCUT2D eigenvalue weighted by Gasteiger charge is 2.40. The number of rotatable bonds is 13. The molecule has 0 spiro atoms. The fourth-order valence-corrected chi connectivity index (χ4v) is 8.43. The number of hydrogen-bond donors (Lipinski definition) is 3. The number of imidazole rings is 2. The van der Waals surface area contributed by atoms with E-state index in [1.54, 1.807) is 23.5 Å². The Bertz CT molecular complexity index is 2150. The Morgan fingerprint density at radius 3 is 1.79 bits per heavy atom. The van der Waals surface area contributed by atoms with Crippen molar-refractivity contribution >= 4 is 17.9 Å². The minimum Gasteiger partial charge on any atom is -0.465 e. The van der Waals surface area contributed by atoms with Crippen LogP contribution in [0, 0.1) is 5.92 Å². The van der Waals surface area contributed by atoms with Gasteiger partial charge in [-0.2, -0.15) is 0 Å². The molecule has 3 aromatic heterocycles. The van der Waals surface area contributed by atoms with E-state index in [9.17, 15) is 19.5 Å². The summed E-state index contributed by atoms with van der Waals surface area (Å²) in [7, 11) is 1.44. The highest BCUT2D eigenvalue weighted by molar-refractivity contribution is 5.86. The second-order valence-electron chi connectivity index (χ2n) is 15.2. The van der Waals surface area contributed by atoms with Crippen molar-refractivity contribution in [2.75, 3.05) is 33.2 Å². The first-order chi connectivity index (χ1) is 27.6. The van der Waals surface area contributed by atoms with E-state index in [0.717, 1.165) is 83.1 Å². The number of benzene rings is 2. The third-order valence-electron chi connectivity index (χ3n) is 11.4. The number of aromatic amines is 2. The third kappa shape index (κ3) is 8.04. The summed E-state index contributed by atoms with van der Waals surface area (Å²) in [4.78, 5) is 72.2. The second kappa shape index (κ2) is 17.1. The van der Waals surface area contributed by atoms with Crippen LogP contribution in [0.2, 0.25) is 0 Å². The summed E-state index contributed by atoms with van der Waals surface area (Å²) in [5, 5.41) is 9.59. The fraction of sp³-hybridized carbons (Fsp3) is 0.419. The summed E-state index contributed by atoms with van der Waals surface area (Å²) < 4.78 is 0. The summed E-state index contributed by atoms with van der Waals surface area (Å²) in [6.07, 6.45) is 9.25. The molecular formula is C43H52N10O4. The summed E-state index contributed by atoms with van der Waals surface area (Å²) in [5.41, 5.74) is 5.20. The number of carbonyl (C=O) groups excluding carboxylic acids is 2. The number of likely N-dealkylation sites (N-methyl/N-ethyl adjacent to an activating group) is 2. The number of aromatic nitrogens is 6. The number of likely N-dealkylation sites (tertiary alicyclic amines) is 2. The maximum Gasteiger partial charge on any atom is 0.407 e. The predicted octanol–water partition coefficient (Wildman–Crippen LogP) is 6.97. The zero-order chi connectivity index (χ0) is 40.2. The molecule has 0 unspecified atom stereocenters. The van der Waals surface area contributed by atoms with Crippen LogP contribution in [0.1, 0.15) is 88.7 Å². The molecule has 0 bridgehead atoms. The smallest absolute Gasteiger partial charge is 0.407 e. The summed E-state index contributed by atoms with van der Waals surface area (Å²) in [5.74, 6) is 1.75. The molecule has 0 aliphatic carbocycles. The van der Waals surface area contributed by atoms with Gasteiger partial charge in [0, 0.05) is 43.7 Å². The number of carbonyl (C=O) groups is 3. The van der Waals surface area contributed by atoms with Gasteiger partial charge in [0.15, 0.2) is 5.82 Å². The maximum absolute atomic E-state index is 14.2. The second-order valence-corrected chi connectivity index (χ2v) is 15.2. The first-order valence-corrected chi connectivity index (χ1v) is 20.0. The summed E-state index contributed by atoms with van der Waals surface area (Å²) in [6.45, 7) is 10.7. The van der Waals surface area contributed by atoms with Crippen LogP contribution >= 0.6 is 0 Å². The Morgan fingerprint density at radius 2 is 1.26 bits per heavy atom. The zero-order valence-corrected chi connectivity index (χ0v) is 33.3. The molecule has 3 N–H and O–H groups in total. The van der Waals surface area contributed by atoms with Gasteiger partial charge in [0.25, 0.3) is 0 Å². The molecule has 0 radical (unpaired) electrons. The first-order valence-electron chi connectivity index (χ1n) is 20.0. The Morgan fingerprint density at radius 1 is 0.737 bits per heavy atom. The van der Waals surface area contributed by atoms with E-state index in [4.69, 9.17) is 4.98 Å². The van der Waals surface area contributed by atoms with E-state index in [0.29, 0.717) is 24.7 Å². The Balaban J connectivity index is 1.02. The molecule has 2 aromatic carbocycles. The van der Waals surface area contributed by atoms with Gasteiger partial charge >= 0.3 is 6.09 Å². The summed E-state index contributed by atoms with van der Waals surface area (Å²) >= 11 is 0. The van der Waals surface area contributed by atoms with Crippen molar-refractivity contribution < 1.29 is 19.5 Å². The molecule has 5 aromatic rings. The maximum atomic E-state index is 14.2. The van der Waals surface area contributed by atoms with Crippen LogP contribution in [0.15, 0.2) is 79.4 Å². The Labute approximate surface area is 333 Å². The first kappa shape index (κ1) is 39.3. The quantitative estimate of drug-likeness (QED) is 0.115. The molecule has 3 amide bonds. The normalized spacial score (nSPS) is 18.0. The summed E-state index contributed by atoms with van der Waals surface area (Å²) in [6, 6.07) is 16.5. The number of H-pyrrole nitrogens is 2. The van der Waals surface area contributed by atoms with E-state index in [1.807, 2.05) is 79.5 Å². The van der Waals surface area contributed by atoms with Crippen molar-refractivity contribution in [3.8, 4) is 33.9 Å². The largest absolute Gasteiger partial charge is 0.465 e. The van der Waals surface area contributed by atoms with Gasteiger partial charge in [-0.25, -0.2) is 24.7 Å². The highest BCUT2D eigenvalue weighted by Crippen LogP contribution is 2.36. The highest BCUT2D eigenvalue weighted by atomic mass is 16.4. The number of amides is 3. The molecule has 4 atom stereocenters. The molecule has 298 valence electrons. The van der Waals surface area contributed by atoms with Crippen molar-refractivity contribution in [3.05, 3.63) is 96.6 Å². The van der Waals surface area contributed by atoms with Gasteiger partial charge in [-0.15, -0.1) is 0 Å². The lowest BCUT2D eigenvalue weighted by Gasteiger charge is -2.34. The number of hydrogen-bond acceptors (Lipinski definition) is 8. The van der Waals surface area contributed by atoms with Crippen molar-refractivity contribution in [1.29, 1.82) is 0 Å². The van der Waals surface area contributed by atoms with Crippen molar-refractivity contribution in [3.63, 3.8) is 0 Å². The van der Waals surface area contributed by atoms with Gasteiger partial charge in [0.1, 0.15) is 23.7 Å². The van der Waals surface area contributed by atoms with Crippen LogP contribution in [-0.4, -0.2) is 112 Å². The average Bonchev–Trinajstić information content (AvgIpc) is 4.07. The predicted molar refractivity (Wildman–Crippen MR) is 217 cm³/mol. The Kier molecular flexibility index (Phi) is 11.8. The van der Waals surface area contributed by atoms with Crippen LogP contribution in [0.5, 0.6) is 0 Å². The van der Waals surface area contributed by atoms with Gasteiger partial charge in [-0.1, -0.05) is 82.3 Å². The molecule has 14 nitrogen and oxygen atoms in total. The van der Waals surface area contributed by atoms with E-state index in [1.165, 1.54) is 7.05 Å². The molecule has 57 heavy (non-hydrogen) atoms. The molecule has 7 rings (SSSR count). The van der Waals surface area contributed by atoms with Gasteiger partial charge in [-0.05, 0) is 55.8 Å². The molecule has 0 saturated carbocycles. The minimum atomic E-state index is -1.13. The minimum absolute atomic E-state index is 0.114. The number of nitrogens with zero attached hydrogens (tertiary/aromatic N) is 8. The van der Waals surface area contributed by atoms with E-state index in [-0.39, 0.29) is 35.9 Å². The lowest BCUT2D eigenvalue weighted by Crippen LogP contribution is -2.51. The molecule has 2 fully saturated rings. The molecule has 14 heteroatoms. The zero-order valence-electron chi connectivity index (χ0n) is 33.3. The molecule has 2 aliphatic rings.